The van der Waals surface area contributed by atoms with Crippen molar-refractivity contribution in [3.63, 3.8) is 0 Å². The number of carbonyl (C=O) groups excluding carboxylic acids is 1. The number of benzene rings is 1. The molecule has 18 heavy (non-hydrogen) atoms. The minimum atomic E-state index is 0.0958. The van der Waals surface area contributed by atoms with Crippen LogP contribution < -0.4 is 5.32 Å². The van der Waals surface area contributed by atoms with Gasteiger partial charge in [0.15, 0.2) is 0 Å². The summed E-state index contributed by atoms with van der Waals surface area (Å²) >= 11 is 0. The van der Waals surface area contributed by atoms with Crippen molar-refractivity contribution in [2.45, 2.75) is 25.8 Å². The zero-order valence-corrected chi connectivity index (χ0v) is 11.2. The van der Waals surface area contributed by atoms with Crippen LogP contribution in [0.5, 0.6) is 0 Å². The van der Waals surface area contributed by atoms with E-state index in [1.807, 2.05) is 6.07 Å². The molecule has 0 heterocycles. The zero-order valence-electron chi connectivity index (χ0n) is 11.2. The van der Waals surface area contributed by atoms with Gasteiger partial charge in [-0.15, -0.1) is 0 Å². The highest BCUT2D eigenvalue weighted by Gasteiger charge is 2.28. The van der Waals surface area contributed by atoms with E-state index in [4.69, 9.17) is 0 Å². The molecule has 0 aliphatic heterocycles. The van der Waals surface area contributed by atoms with Crippen LogP contribution in [-0.4, -0.2) is 30.9 Å². The summed E-state index contributed by atoms with van der Waals surface area (Å²) in [5.41, 5.74) is 1.28. The van der Waals surface area contributed by atoms with Crippen LogP contribution >= 0.6 is 0 Å². The third-order valence-electron chi connectivity index (χ3n) is 3.64. The number of nitrogens with zero attached hydrogens (tertiary/aromatic N) is 1. The third-order valence-corrected chi connectivity index (χ3v) is 3.64. The van der Waals surface area contributed by atoms with E-state index < -0.39 is 0 Å². The molecule has 1 fully saturated rings. The smallest absolute Gasteiger partial charge is 0.233 e. The second-order valence-electron chi connectivity index (χ2n) is 5.13. The van der Waals surface area contributed by atoms with Crippen LogP contribution in [0.1, 0.15) is 31.4 Å². The first-order valence-corrected chi connectivity index (χ1v) is 6.70. The van der Waals surface area contributed by atoms with Gasteiger partial charge in [0.1, 0.15) is 0 Å². The summed E-state index contributed by atoms with van der Waals surface area (Å²) in [7, 11) is 1.70. The number of carbonyl (C=O) groups is 1. The molecule has 0 saturated heterocycles. The van der Waals surface area contributed by atoms with E-state index >= 15 is 0 Å². The average molecular weight is 246 g/mol. The Hall–Kier alpha value is -1.35. The van der Waals surface area contributed by atoms with Crippen molar-refractivity contribution in [3.05, 3.63) is 35.9 Å². The maximum Gasteiger partial charge on any atom is 0.233 e. The lowest BCUT2D eigenvalue weighted by Crippen LogP contribution is -2.38. The van der Waals surface area contributed by atoms with Gasteiger partial charge in [-0.2, -0.15) is 0 Å². The molecule has 1 saturated carbocycles. The molecule has 3 heteroatoms. The molecule has 0 spiro atoms. The summed E-state index contributed by atoms with van der Waals surface area (Å²) in [5, 5.41) is 2.71. The number of rotatable bonds is 6. The molecule has 1 aromatic carbocycles. The standard InChI is InChI=1S/C15H22N2O/c1-12(14-6-4-3-5-7-14)17(10-13-8-9-13)11-15(18)16-2/h3-7,12-13H,8-11H2,1-2H3,(H,16,18). The van der Waals surface area contributed by atoms with Crippen LogP contribution in [-0.2, 0) is 4.79 Å². The number of nitrogens with one attached hydrogen (secondary N) is 1. The molecule has 0 bridgehead atoms. The van der Waals surface area contributed by atoms with Gasteiger partial charge in [-0.05, 0) is 31.2 Å². The number of hydrogen-bond donors (Lipinski definition) is 1. The fourth-order valence-corrected chi connectivity index (χ4v) is 2.20. The van der Waals surface area contributed by atoms with E-state index in [9.17, 15) is 4.79 Å². The van der Waals surface area contributed by atoms with Gasteiger partial charge in [-0.25, -0.2) is 0 Å². The first-order valence-electron chi connectivity index (χ1n) is 6.70. The van der Waals surface area contributed by atoms with Crippen LogP contribution in [0, 0.1) is 5.92 Å². The largest absolute Gasteiger partial charge is 0.358 e. The van der Waals surface area contributed by atoms with E-state index in [-0.39, 0.29) is 5.91 Å². The van der Waals surface area contributed by atoms with Crippen molar-refractivity contribution in [2.75, 3.05) is 20.1 Å². The summed E-state index contributed by atoms with van der Waals surface area (Å²) in [6.45, 7) is 3.70. The van der Waals surface area contributed by atoms with Gasteiger partial charge in [0.2, 0.25) is 5.91 Å². The summed E-state index contributed by atoms with van der Waals surface area (Å²) in [5.74, 6) is 0.888. The SMILES string of the molecule is CNC(=O)CN(CC1CC1)C(C)c1ccccc1. The molecule has 1 aromatic rings. The first kappa shape index (κ1) is 13.1. The van der Waals surface area contributed by atoms with Crippen LogP contribution in [0.15, 0.2) is 30.3 Å². The van der Waals surface area contributed by atoms with E-state index in [2.05, 4.69) is 41.4 Å². The van der Waals surface area contributed by atoms with E-state index in [0.717, 1.165) is 12.5 Å². The maximum absolute atomic E-state index is 11.6. The lowest BCUT2D eigenvalue weighted by molar-refractivity contribution is -0.122. The second-order valence-corrected chi connectivity index (χ2v) is 5.13. The predicted octanol–water partition coefficient (Wildman–Crippen LogP) is 2.21. The molecule has 1 atom stereocenters. The van der Waals surface area contributed by atoms with Gasteiger partial charge in [0, 0.05) is 19.6 Å². The molecule has 1 aliphatic rings. The molecule has 0 radical (unpaired) electrons. The minimum absolute atomic E-state index is 0.0958. The molecule has 3 nitrogen and oxygen atoms in total. The summed E-state index contributed by atoms with van der Waals surface area (Å²) in [6.07, 6.45) is 2.62. The zero-order chi connectivity index (χ0) is 13.0. The van der Waals surface area contributed by atoms with Crippen molar-refractivity contribution < 1.29 is 4.79 Å². The topological polar surface area (TPSA) is 32.3 Å². The Morgan fingerprint density at radius 1 is 1.39 bits per heavy atom. The van der Waals surface area contributed by atoms with E-state index in [0.29, 0.717) is 12.6 Å². The quantitative estimate of drug-likeness (QED) is 0.834. The summed E-state index contributed by atoms with van der Waals surface area (Å²) in [4.78, 5) is 13.9. The molecule has 0 aromatic heterocycles. The van der Waals surface area contributed by atoms with Gasteiger partial charge in [0.05, 0.1) is 6.54 Å². The van der Waals surface area contributed by atoms with Crippen molar-refractivity contribution in [1.29, 1.82) is 0 Å². The molecule has 2 rings (SSSR count). The summed E-state index contributed by atoms with van der Waals surface area (Å²) in [6, 6.07) is 10.7. The molecular weight excluding hydrogens is 224 g/mol. The third kappa shape index (κ3) is 3.57. The highest BCUT2D eigenvalue weighted by atomic mass is 16.1. The van der Waals surface area contributed by atoms with Gasteiger partial charge in [0.25, 0.3) is 0 Å². The van der Waals surface area contributed by atoms with Crippen molar-refractivity contribution in [3.8, 4) is 0 Å². The maximum atomic E-state index is 11.6. The molecular formula is C15H22N2O. The second kappa shape index (κ2) is 6.01. The highest BCUT2D eigenvalue weighted by molar-refractivity contribution is 5.77. The molecule has 1 unspecified atom stereocenters. The Bertz CT molecular complexity index is 387. The Balaban J connectivity index is 2.04. The molecule has 1 amide bonds. The van der Waals surface area contributed by atoms with Crippen LogP contribution in [0.2, 0.25) is 0 Å². The Labute approximate surface area is 109 Å². The molecule has 1 aliphatic carbocycles. The Morgan fingerprint density at radius 3 is 2.61 bits per heavy atom. The molecule has 1 N–H and O–H groups in total. The highest BCUT2D eigenvalue weighted by Crippen LogP contribution is 2.32. The fraction of sp³-hybridized carbons (Fsp3) is 0.533. The predicted molar refractivity (Wildman–Crippen MR) is 73.2 cm³/mol. The van der Waals surface area contributed by atoms with Crippen molar-refractivity contribution in [1.82, 2.24) is 10.2 Å². The Morgan fingerprint density at radius 2 is 2.06 bits per heavy atom. The van der Waals surface area contributed by atoms with Crippen LogP contribution in [0.4, 0.5) is 0 Å². The van der Waals surface area contributed by atoms with E-state index in [1.165, 1.54) is 18.4 Å². The average Bonchev–Trinajstić information content (AvgIpc) is 3.22. The van der Waals surface area contributed by atoms with Crippen molar-refractivity contribution >= 4 is 5.91 Å². The minimum Gasteiger partial charge on any atom is -0.358 e. The number of amides is 1. The monoisotopic (exact) mass is 246 g/mol. The van der Waals surface area contributed by atoms with Gasteiger partial charge in [-0.1, -0.05) is 30.3 Å². The van der Waals surface area contributed by atoms with Crippen LogP contribution in [0.25, 0.3) is 0 Å². The normalized spacial score (nSPS) is 16.6. The number of hydrogen-bond acceptors (Lipinski definition) is 2. The molecule has 98 valence electrons. The van der Waals surface area contributed by atoms with Crippen LogP contribution in [0.3, 0.4) is 0 Å². The van der Waals surface area contributed by atoms with Gasteiger partial charge < -0.3 is 5.32 Å². The number of likely N-dealkylation sites (N-methyl/N-ethyl adjacent to an activating group) is 1. The summed E-state index contributed by atoms with van der Waals surface area (Å²) < 4.78 is 0. The lowest BCUT2D eigenvalue weighted by Gasteiger charge is -2.28. The van der Waals surface area contributed by atoms with Gasteiger partial charge >= 0.3 is 0 Å². The van der Waals surface area contributed by atoms with E-state index in [1.54, 1.807) is 7.05 Å². The fourth-order valence-electron chi connectivity index (χ4n) is 2.20. The van der Waals surface area contributed by atoms with Gasteiger partial charge in [-0.3, -0.25) is 9.69 Å². The first-order chi connectivity index (χ1) is 8.70. The Kier molecular flexibility index (Phi) is 4.37. The van der Waals surface area contributed by atoms with Crippen molar-refractivity contribution in [2.24, 2.45) is 5.92 Å². The lowest BCUT2D eigenvalue weighted by atomic mass is 10.1.